The van der Waals surface area contributed by atoms with Gasteiger partial charge in [-0.05, 0) is 43.1 Å². The summed E-state index contributed by atoms with van der Waals surface area (Å²) >= 11 is 0. The maximum absolute atomic E-state index is 11.4. The second-order valence-corrected chi connectivity index (χ2v) is 6.42. The number of phenols is 1. The summed E-state index contributed by atoms with van der Waals surface area (Å²) in [6, 6.07) is 10.8. The van der Waals surface area contributed by atoms with E-state index in [2.05, 4.69) is 16.7 Å². The Kier molecular flexibility index (Phi) is 7.92. The smallest absolute Gasteiger partial charge is 0.262 e. The van der Waals surface area contributed by atoms with Gasteiger partial charge in [0.2, 0.25) is 0 Å². The Bertz CT molecular complexity index is 815. The summed E-state index contributed by atoms with van der Waals surface area (Å²) in [5, 5.41) is 26.1. The van der Waals surface area contributed by atoms with Gasteiger partial charge >= 0.3 is 0 Å². The Hall–Kier alpha value is -2.48. The highest BCUT2D eigenvalue weighted by molar-refractivity contribution is 5.96. The largest absolute Gasteiger partial charge is 0.508 e. The molecule has 0 fully saturated rings. The molecule has 0 radical (unpaired) electrons. The number of phenolic OH excluding ortho intramolecular Hbond substituents is 1. The predicted octanol–water partition coefficient (Wildman–Crippen LogP) is 2.41. The summed E-state index contributed by atoms with van der Waals surface area (Å²) in [7, 11) is 1.65. The molecule has 1 atom stereocenters. The van der Waals surface area contributed by atoms with Crippen LogP contribution in [0.1, 0.15) is 23.7 Å². The first-order chi connectivity index (χ1) is 13.1. The first-order valence-corrected chi connectivity index (χ1v) is 8.88. The second kappa shape index (κ2) is 10.2. The lowest BCUT2D eigenvalue weighted by molar-refractivity contribution is -0.118. The van der Waals surface area contributed by atoms with Crippen molar-refractivity contribution in [3.05, 3.63) is 47.5 Å². The summed E-state index contributed by atoms with van der Waals surface area (Å²) in [6.45, 7) is 0.934. The number of aliphatic hydroxyl groups excluding tert-OH is 1. The predicted molar refractivity (Wildman–Crippen MR) is 109 cm³/mol. The number of anilines is 1. The van der Waals surface area contributed by atoms with Crippen molar-refractivity contribution < 1.29 is 24.5 Å². The highest BCUT2D eigenvalue weighted by atomic mass is 35.5. The molecule has 4 N–H and O–H groups in total. The number of carbonyl (C=O) groups excluding carboxylic acids is 1. The first-order valence-electron chi connectivity index (χ1n) is 8.88. The van der Waals surface area contributed by atoms with Crippen molar-refractivity contribution in [2.24, 2.45) is 0 Å². The van der Waals surface area contributed by atoms with E-state index in [1.807, 2.05) is 18.2 Å². The van der Waals surface area contributed by atoms with Gasteiger partial charge in [-0.15, -0.1) is 12.4 Å². The fourth-order valence-corrected chi connectivity index (χ4v) is 3.06. The van der Waals surface area contributed by atoms with Crippen LogP contribution in [0.4, 0.5) is 5.69 Å². The third-order valence-electron chi connectivity index (χ3n) is 4.37. The molecule has 1 heterocycles. The lowest BCUT2D eigenvalue weighted by atomic mass is 10.0. The van der Waals surface area contributed by atoms with Gasteiger partial charge in [-0.3, -0.25) is 4.79 Å². The maximum Gasteiger partial charge on any atom is 0.262 e. The summed E-state index contributed by atoms with van der Waals surface area (Å²) in [5.74, 6) is 0.922. The molecule has 0 bridgehead atoms. The molecule has 2 aromatic rings. The molecule has 0 saturated heterocycles. The summed E-state index contributed by atoms with van der Waals surface area (Å²) < 4.78 is 10.6. The van der Waals surface area contributed by atoms with Crippen molar-refractivity contribution >= 4 is 24.0 Å². The molecule has 1 amide bonds. The fourth-order valence-electron chi connectivity index (χ4n) is 3.06. The normalized spacial score (nSPS) is 13.6. The Morgan fingerprint density at radius 1 is 1.32 bits per heavy atom. The molecule has 3 rings (SSSR count). The Balaban J connectivity index is 0.00000280. The first kappa shape index (κ1) is 21.8. The third kappa shape index (κ3) is 5.51. The SMILES string of the molecule is COc1cccc(CCCNCC(O)c2cc(O)cc3c2OCC(=O)N3)c1.Cl. The van der Waals surface area contributed by atoms with Crippen molar-refractivity contribution in [1.29, 1.82) is 0 Å². The molecule has 7 nitrogen and oxygen atoms in total. The van der Waals surface area contributed by atoms with E-state index in [-0.39, 0.29) is 30.7 Å². The average molecular weight is 409 g/mol. The van der Waals surface area contributed by atoms with Gasteiger partial charge in [0.1, 0.15) is 17.2 Å². The van der Waals surface area contributed by atoms with Crippen molar-refractivity contribution in [2.75, 3.05) is 32.1 Å². The highest BCUT2D eigenvalue weighted by Crippen LogP contribution is 2.38. The molecule has 152 valence electrons. The zero-order chi connectivity index (χ0) is 19.2. The van der Waals surface area contributed by atoms with Crippen molar-refractivity contribution in [2.45, 2.75) is 18.9 Å². The number of hydrogen-bond acceptors (Lipinski definition) is 6. The minimum atomic E-state index is -0.863. The number of aryl methyl sites for hydroxylation is 1. The molecule has 28 heavy (non-hydrogen) atoms. The van der Waals surface area contributed by atoms with E-state index < -0.39 is 6.10 Å². The number of nitrogens with one attached hydrogen (secondary N) is 2. The molecule has 1 aliphatic heterocycles. The molecular formula is C20H25ClN2O5. The fraction of sp³-hybridized carbons (Fsp3) is 0.350. The number of halogens is 1. The van der Waals surface area contributed by atoms with Crippen LogP contribution in [0.3, 0.4) is 0 Å². The molecular weight excluding hydrogens is 384 g/mol. The van der Waals surface area contributed by atoms with Gasteiger partial charge in [-0.1, -0.05) is 12.1 Å². The van der Waals surface area contributed by atoms with Gasteiger partial charge in [0, 0.05) is 18.2 Å². The standard InChI is InChI=1S/C20H24N2O5.ClH/c1-26-15-6-2-4-13(8-15)5-3-7-21-11-18(24)16-9-14(23)10-17-20(16)27-12-19(25)22-17;/h2,4,6,8-10,18,21,23-24H,3,5,7,11-12H2,1H3,(H,22,25);1H. The van der Waals surface area contributed by atoms with Crippen LogP contribution in [-0.4, -0.2) is 42.9 Å². The lowest BCUT2D eigenvalue weighted by Crippen LogP contribution is -2.28. The Morgan fingerprint density at radius 3 is 2.93 bits per heavy atom. The summed E-state index contributed by atoms with van der Waals surface area (Å²) in [6.07, 6.45) is 0.944. The number of carbonyl (C=O) groups is 1. The number of aliphatic hydroxyl groups is 1. The molecule has 0 spiro atoms. The monoisotopic (exact) mass is 408 g/mol. The molecule has 1 unspecified atom stereocenters. The number of amides is 1. The zero-order valence-electron chi connectivity index (χ0n) is 15.6. The Labute approximate surface area is 170 Å². The summed E-state index contributed by atoms with van der Waals surface area (Å²) in [4.78, 5) is 11.4. The molecule has 0 aliphatic carbocycles. The molecule has 8 heteroatoms. The van der Waals surface area contributed by atoms with Crippen molar-refractivity contribution in [3.8, 4) is 17.2 Å². The molecule has 1 aliphatic rings. The van der Waals surface area contributed by atoms with Crippen LogP contribution in [0, 0.1) is 0 Å². The van der Waals surface area contributed by atoms with Crippen LogP contribution >= 0.6 is 12.4 Å². The van der Waals surface area contributed by atoms with Gasteiger partial charge < -0.3 is 30.3 Å². The van der Waals surface area contributed by atoms with Crippen LogP contribution in [0.2, 0.25) is 0 Å². The van der Waals surface area contributed by atoms with Crippen LogP contribution in [0.5, 0.6) is 17.2 Å². The van der Waals surface area contributed by atoms with Crippen LogP contribution in [-0.2, 0) is 11.2 Å². The van der Waals surface area contributed by atoms with Crippen LogP contribution < -0.4 is 20.1 Å². The van der Waals surface area contributed by atoms with E-state index in [9.17, 15) is 15.0 Å². The number of rotatable bonds is 8. The minimum Gasteiger partial charge on any atom is -0.508 e. The van der Waals surface area contributed by atoms with Crippen molar-refractivity contribution in [3.63, 3.8) is 0 Å². The van der Waals surface area contributed by atoms with E-state index in [0.717, 1.165) is 25.1 Å². The number of ether oxygens (including phenoxy) is 2. The quantitative estimate of drug-likeness (QED) is 0.500. The van der Waals surface area contributed by atoms with Gasteiger partial charge in [0.05, 0.1) is 18.9 Å². The minimum absolute atomic E-state index is 0. The summed E-state index contributed by atoms with van der Waals surface area (Å²) in [5.41, 5.74) is 2.02. The van der Waals surface area contributed by atoms with Crippen LogP contribution in [0.15, 0.2) is 36.4 Å². The van der Waals surface area contributed by atoms with Crippen LogP contribution in [0.25, 0.3) is 0 Å². The van der Waals surface area contributed by atoms with Gasteiger partial charge in [-0.2, -0.15) is 0 Å². The van der Waals surface area contributed by atoms with E-state index in [0.29, 0.717) is 23.5 Å². The van der Waals surface area contributed by atoms with Crippen molar-refractivity contribution in [1.82, 2.24) is 5.32 Å². The number of aromatic hydroxyl groups is 1. The number of fused-ring (bicyclic) bond motifs is 1. The van der Waals surface area contributed by atoms with E-state index in [1.54, 1.807) is 7.11 Å². The molecule has 2 aromatic carbocycles. The zero-order valence-corrected chi connectivity index (χ0v) is 16.4. The van der Waals surface area contributed by atoms with E-state index >= 15 is 0 Å². The second-order valence-electron chi connectivity index (χ2n) is 6.42. The van der Waals surface area contributed by atoms with Gasteiger partial charge in [0.15, 0.2) is 6.61 Å². The maximum atomic E-state index is 11.4. The number of methoxy groups -OCH3 is 1. The number of benzene rings is 2. The average Bonchev–Trinajstić information content (AvgIpc) is 2.66. The lowest BCUT2D eigenvalue weighted by Gasteiger charge is -2.23. The van der Waals surface area contributed by atoms with Gasteiger partial charge in [-0.25, -0.2) is 0 Å². The molecule has 0 aromatic heterocycles. The number of hydrogen-bond donors (Lipinski definition) is 4. The Morgan fingerprint density at radius 2 is 2.14 bits per heavy atom. The topological polar surface area (TPSA) is 100 Å². The molecule has 0 saturated carbocycles. The van der Waals surface area contributed by atoms with E-state index in [4.69, 9.17) is 9.47 Å². The van der Waals surface area contributed by atoms with E-state index in [1.165, 1.54) is 17.7 Å². The van der Waals surface area contributed by atoms with Gasteiger partial charge in [0.25, 0.3) is 5.91 Å². The highest BCUT2D eigenvalue weighted by Gasteiger charge is 2.24. The third-order valence-corrected chi connectivity index (χ3v) is 4.37.